The second-order valence-electron chi connectivity index (χ2n) is 10.1. The fourth-order valence-electron chi connectivity index (χ4n) is 5.03. The lowest BCUT2D eigenvalue weighted by atomic mass is 9.79. The van der Waals surface area contributed by atoms with Gasteiger partial charge in [-0.2, -0.15) is 0 Å². The van der Waals surface area contributed by atoms with Crippen LogP contribution in [0.5, 0.6) is 11.5 Å². The van der Waals surface area contributed by atoms with Crippen molar-refractivity contribution in [2.24, 2.45) is 4.99 Å². The molecule has 3 aromatic carbocycles. The first-order valence-electron chi connectivity index (χ1n) is 11.5. The zero-order valence-electron chi connectivity index (χ0n) is 20.1. The van der Waals surface area contributed by atoms with Crippen molar-refractivity contribution in [3.63, 3.8) is 0 Å². The summed E-state index contributed by atoms with van der Waals surface area (Å²) in [6, 6.07) is 21.1. The number of nitrogens with zero attached hydrogens (tertiary/aromatic N) is 1. The lowest BCUT2D eigenvalue weighted by molar-refractivity contribution is 0.134. The van der Waals surface area contributed by atoms with Crippen molar-refractivity contribution < 1.29 is 9.47 Å². The highest BCUT2D eigenvalue weighted by atomic mass is 32.2. The molecule has 2 heterocycles. The quantitative estimate of drug-likeness (QED) is 0.392. The number of hydrogen-bond donors (Lipinski definition) is 0. The summed E-state index contributed by atoms with van der Waals surface area (Å²) >= 11 is 1.84. The van der Waals surface area contributed by atoms with Gasteiger partial charge in [0.1, 0.15) is 5.60 Å². The summed E-state index contributed by atoms with van der Waals surface area (Å²) in [5.74, 6) is 2.61. The van der Waals surface area contributed by atoms with Crippen molar-refractivity contribution in [1.82, 2.24) is 0 Å². The van der Waals surface area contributed by atoms with E-state index >= 15 is 0 Å². The molecule has 0 radical (unpaired) electrons. The maximum Gasteiger partial charge on any atom is 0.166 e. The van der Waals surface area contributed by atoms with Crippen LogP contribution in [0.1, 0.15) is 55.5 Å². The summed E-state index contributed by atoms with van der Waals surface area (Å²) in [6.45, 7) is 8.77. The highest BCUT2D eigenvalue weighted by molar-refractivity contribution is 7.98. The second kappa shape index (κ2) is 8.25. The Kier molecular flexibility index (Phi) is 5.52. The predicted octanol–water partition coefficient (Wildman–Crippen LogP) is 6.87. The van der Waals surface area contributed by atoms with Crippen LogP contribution in [0.15, 0.2) is 70.6 Å². The van der Waals surface area contributed by atoms with Crippen molar-refractivity contribution in [2.75, 3.05) is 7.11 Å². The molecule has 2 aliphatic rings. The van der Waals surface area contributed by atoms with Crippen molar-refractivity contribution in [3.05, 3.63) is 88.5 Å². The van der Waals surface area contributed by atoms with Crippen molar-refractivity contribution in [1.29, 1.82) is 0 Å². The second-order valence-corrected chi connectivity index (χ2v) is 11.2. The number of benzene rings is 3. The molecule has 2 aliphatic heterocycles. The largest absolute Gasteiger partial charge is 0.493 e. The number of rotatable bonds is 5. The first kappa shape index (κ1) is 22.1. The zero-order chi connectivity index (χ0) is 23.2. The number of hydrogen-bond acceptors (Lipinski definition) is 4. The van der Waals surface area contributed by atoms with Crippen LogP contribution >= 0.6 is 11.8 Å². The van der Waals surface area contributed by atoms with E-state index < -0.39 is 0 Å². The highest BCUT2D eigenvalue weighted by Crippen LogP contribution is 2.51. The third kappa shape index (κ3) is 4.17. The number of ether oxygens (including phenoxy) is 2. The third-order valence-corrected chi connectivity index (χ3v) is 7.38. The van der Waals surface area contributed by atoms with E-state index in [1.54, 1.807) is 7.11 Å². The third-order valence-electron chi connectivity index (χ3n) is 6.34. The summed E-state index contributed by atoms with van der Waals surface area (Å²) in [7, 11) is 1.77. The van der Waals surface area contributed by atoms with Crippen molar-refractivity contribution in [2.45, 2.75) is 62.3 Å². The van der Waals surface area contributed by atoms with Gasteiger partial charge >= 0.3 is 0 Å². The van der Waals surface area contributed by atoms with Gasteiger partial charge in [-0.1, -0.05) is 48.5 Å². The Morgan fingerprint density at radius 2 is 1.58 bits per heavy atom. The fourth-order valence-corrected chi connectivity index (χ4v) is 6.00. The zero-order valence-corrected chi connectivity index (χ0v) is 20.9. The number of aliphatic imine (C=N–C) groups is 1. The lowest BCUT2D eigenvalue weighted by Crippen LogP contribution is -2.31. The smallest absolute Gasteiger partial charge is 0.166 e. The van der Waals surface area contributed by atoms with E-state index in [9.17, 15) is 0 Å². The first-order chi connectivity index (χ1) is 15.8. The molecular formula is C29H31NO2S. The van der Waals surface area contributed by atoms with Gasteiger partial charge in [0.05, 0.1) is 18.4 Å². The van der Waals surface area contributed by atoms with Gasteiger partial charge in [0.2, 0.25) is 0 Å². The predicted molar refractivity (Wildman–Crippen MR) is 137 cm³/mol. The monoisotopic (exact) mass is 457 g/mol. The van der Waals surface area contributed by atoms with Gasteiger partial charge in [0.25, 0.3) is 0 Å². The maximum atomic E-state index is 6.52. The lowest BCUT2D eigenvalue weighted by Gasteiger charge is -2.33. The van der Waals surface area contributed by atoms with E-state index in [0.29, 0.717) is 0 Å². The molecule has 0 saturated heterocycles. The highest BCUT2D eigenvalue weighted by Gasteiger charge is 2.41. The molecule has 0 spiro atoms. The van der Waals surface area contributed by atoms with Gasteiger partial charge < -0.3 is 9.47 Å². The van der Waals surface area contributed by atoms with Crippen LogP contribution in [-0.2, 0) is 18.6 Å². The molecule has 0 fully saturated rings. The van der Waals surface area contributed by atoms with Crippen LogP contribution < -0.4 is 9.47 Å². The van der Waals surface area contributed by atoms with Crippen LogP contribution in [0.25, 0.3) is 0 Å². The minimum atomic E-state index is -0.274. The average molecular weight is 458 g/mol. The van der Waals surface area contributed by atoms with E-state index in [1.165, 1.54) is 27.1 Å². The minimum absolute atomic E-state index is 0.196. The van der Waals surface area contributed by atoms with Crippen LogP contribution in [0.2, 0.25) is 0 Å². The first-order valence-corrected chi connectivity index (χ1v) is 12.5. The van der Waals surface area contributed by atoms with E-state index in [2.05, 4.69) is 88.4 Å². The number of thioether (sulfide) groups is 1. The van der Waals surface area contributed by atoms with Gasteiger partial charge in [-0.25, -0.2) is 0 Å². The molecule has 3 nitrogen and oxygen atoms in total. The molecule has 0 unspecified atom stereocenters. The number of fused-ring (bicyclic) bond motifs is 3. The molecule has 33 heavy (non-hydrogen) atoms. The molecular weight excluding hydrogens is 426 g/mol. The Morgan fingerprint density at radius 1 is 0.909 bits per heavy atom. The Labute approximate surface area is 201 Å². The summed E-state index contributed by atoms with van der Waals surface area (Å²) in [5.41, 5.74) is 6.84. The standard InChI is InChI=1S/C29H31NO2S/c1-28(2)16-21-23(18-33-20-14-10-7-11-15-20)26(31-5)27-22(17-29(3,4)32-27)24(21)25(30-28)19-12-8-6-9-13-19/h6-15H,16-18H2,1-5H3. The van der Waals surface area contributed by atoms with Gasteiger partial charge in [0.15, 0.2) is 11.5 Å². The SMILES string of the molecule is COc1c(CSc2ccccc2)c2c(c3c1OC(C)(C)C3)C(c1ccccc1)=NC(C)(C)C2. The van der Waals surface area contributed by atoms with Gasteiger partial charge in [-0.15, -0.1) is 11.8 Å². The Balaban J connectivity index is 1.74. The molecule has 5 rings (SSSR count). The Hall–Kier alpha value is -2.72. The van der Waals surface area contributed by atoms with Crippen LogP contribution in [0, 0.1) is 0 Å². The van der Waals surface area contributed by atoms with Gasteiger partial charge in [0, 0.05) is 39.3 Å². The molecule has 0 aliphatic carbocycles. The Bertz CT molecular complexity index is 1210. The van der Waals surface area contributed by atoms with Crippen molar-refractivity contribution >= 4 is 17.5 Å². The molecule has 3 aromatic rings. The molecule has 0 atom stereocenters. The molecule has 0 N–H and O–H groups in total. The molecule has 170 valence electrons. The minimum Gasteiger partial charge on any atom is -0.493 e. The van der Waals surface area contributed by atoms with Crippen LogP contribution in [0.3, 0.4) is 0 Å². The Morgan fingerprint density at radius 3 is 2.24 bits per heavy atom. The van der Waals surface area contributed by atoms with Crippen LogP contribution in [0.4, 0.5) is 0 Å². The van der Waals surface area contributed by atoms with E-state index in [1.807, 2.05) is 11.8 Å². The maximum absolute atomic E-state index is 6.52. The van der Waals surface area contributed by atoms with Crippen LogP contribution in [-0.4, -0.2) is 24.0 Å². The molecule has 0 saturated carbocycles. The van der Waals surface area contributed by atoms with Gasteiger partial charge in [-0.05, 0) is 51.8 Å². The molecule has 4 heteroatoms. The fraction of sp³-hybridized carbons (Fsp3) is 0.345. The summed E-state index contributed by atoms with van der Waals surface area (Å²) < 4.78 is 12.6. The van der Waals surface area contributed by atoms with E-state index in [-0.39, 0.29) is 11.1 Å². The number of methoxy groups -OCH3 is 1. The average Bonchev–Trinajstić information content (AvgIpc) is 3.12. The summed E-state index contributed by atoms with van der Waals surface area (Å²) in [6.07, 6.45) is 1.73. The van der Waals surface area contributed by atoms with E-state index in [4.69, 9.17) is 14.5 Å². The molecule has 0 aromatic heterocycles. The van der Waals surface area contributed by atoms with Gasteiger partial charge in [-0.3, -0.25) is 4.99 Å². The summed E-state index contributed by atoms with van der Waals surface area (Å²) in [4.78, 5) is 6.53. The van der Waals surface area contributed by atoms with Crippen molar-refractivity contribution in [3.8, 4) is 11.5 Å². The normalized spacial score (nSPS) is 17.5. The molecule has 0 amide bonds. The van der Waals surface area contributed by atoms with E-state index in [0.717, 1.165) is 41.4 Å². The topological polar surface area (TPSA) is 30.8 Å². The molecule has 0 bridgehead atoms. The summed E-state index contributed by atoms with van der Waals surface area (Å²) in [5, 5.41) is 0.